The van der Waals surface area contributed by atoms with Crippen LogP contribution in [0.1, 0.15) is 0 Å². The second-order valence-electron chi connectivity index (χ2n) is 3.01. The third kappa shape index (κ3) is 2.08. The Morgan fingerprint density at radius 2 is 2.20 bits per heavy atom. The van der Waals surface area contributed by atoms with Crippen LogP contribution in [0.3, 0.4) is 0 Å². The van der Waals surface area contributed by atoms with E-state index in [0.717, 1.165) is 11.8 Å². The lowest BCUT2D eigenvalue weighted by molar-refractivity contribution is -0.121. The van der Waals surface area contributed by atoms with Gasteiger partial charge in [0.15, 0.2) is 5.44 Å². The van der Waals surface area contributed by atoms with Crippen LogP contribution in [-0.2, 0) is 4.79 Å². The number of anilines is 1. The van der Waals surface area contributed by atoms with Crippen molar-refractivity contribution < 1.29 is 9.90 Å². The van der Waals surface area contributed by atoms with Crippen LogP contribution in [0.25, 0.3) is 0 Å². The standard InChI is InChI=1S/C9H7Cl2NO2S/c10-5-1-2-6(11)7(3-5)12-4-15-9(14)8(12)13/h1-3,9,14H,4H2. The van der Waals surface area contributed by atoms with Crippen molar-refractivity contribution in [3.63, 3.8) is 0 Å². The normalized spacial score (nSPS) is 21.1. The minimum Gasteiger partial charge on any atom is -0.373 e. The fourth-order valence-electron chi connectivity index (χ4n) is 1.29. The van der Waals surface area contributed by atoms with E-state index in [0.29, 0.717) is 21.6 Å². The molecule has 0 radical (unpaired) electrons. The SMILES string of the molecule is O=C1C(O)SCN1c1cc(Cl)ccc1Cl. The van der Waals surface area contributed by atoms with Gasteiger partial charge in [0.05, 0.1) is 16.6 Å². The zero-order valence-corrected chi connectivity index (χ0v) is 9.81. The first kappa shape index (κ1) is 11.1. The van der Waals surface area contributed by atoms with Crippen molar-refractivity contribution >= 4 is 46.6 Å². The maximum Gasteiger partial charge on any atom is 0.267 e. The summed E-state index contributed by atoms with van der Waals surface area (Å²) >= 11 is 12.9. The summed E-state index contributed by atoms with van der Waals surface area (Å²) in [4.78, 5) is 12.9. The highest BCUT2D eigenvalue weighted by Gasteiger charge is 2.32. The van der Waals surface area contributed by atoms with Crippen LogP contribution < -0.4 is 4.90 Å². The summed E-state index contributed by atoms with van der Waals surface area (Å²) in [6.07, 6.45) is 0. The van der Waals surface area contributed by atoms with Crippen molar-refractivity contribution in [1.29, 1.82) is 0 Å². The van der Waals surface area contributed by atoms with E-state index < -0.39 is 5.44 Å². The first-order valence-electron chi connectivity index (χ1n) is 4.15. The number of aliphatic hydroxyl groups excluding tert-OH is 1. The van der Waals surface area contributed by atoms with Gasteiger partial charge in [0, 0.05) is 5.02 Å². The highest BCUT2D eigenvalue weighted by atomic mass is 35.5. The Bertz CT molecular complexity index is 413. The molecule has 80 valence electrons. The molecule has 1 N–H and O–H groups in total. The average molecular weight is 264 g/mol. The first-order valence-corrected chi connectivity index (χ1v) is 5.96. The van der Waals surface area contributed by atoms with E-state index >= 15 is 0 Å². The number of hydrogen-bond donors (Lipinski definition) is 1. The van der Waals surface area contributed by atoms with Gasteiger partial charge in [-0.1, -0.05) is 35.0 Å². The second-order valence-corrected chi connectivity index (χ2v) is 4.89. The summed E-state index contributed by atoms with van der Waals surface area (Å²) in [7, 11) is 0. The van der Waals surface area contributed by atoms with Gasteiger partial charge in [-0.3, -0.25) is 9.69 Å². The number of nitrogens with zero attached hydrogens (tertiary/aromatic N) is 1. The third-order valence-corrected chi connectivity index (χ3v) is 3.52. The van der Waals surface area contributed by atoms with Crippen molar-refractivity contribution in [2.75, 3.05) is 10.8 Å². The van der Waals surface area contributed by atoms with E-state index in [1.807, 2.05) is 0 Å². The largest absolute Gasteiger partial charge is 0.373 e. The highest BCUT2D eigenvalue weighted by molar-refractivity contribution is 8.01. The minimum absolute atomic E-state index is 0.357. The fraction of sp³-hybridized carbons (Fsp3) is 0.222. The predicted octanol–water partition coefficient (Wildman–Crippen LogP) is 2.35. The summed E-state index contributed by atoms with van der Waals surface area (Å²) < 4.78 is 0. The topological polar surface area (TPSA) is 40.5 Å². The Kier molecular flexibility index (Phi) is 3.11. The van der Waals surface area contributed by atoms with Crippen molar-refractivity contribution in [3.05, 3.63) is 28.2 Å². The van der Waals surface area contributed by atoms with Gasteiger partial charge < -0.3 is 5.11 Å². The van der Waals surface area contributed by atoms with Crippen LogP contribution in [0.2, 0.25) is 10.0 Å². The van der Waals surface area contributed by atoms with E-state index in [1.165, 1.54) is 4.90 Å². The lowest BCUT2D eigenvalue weighted by Gasteiger charge is -2.16. The molecule has 0 aromatic heterocycles. The van der Waals surface area contributed by atoms with Gasteiger partial charge in [-0.25, -0.2) is 0 Å². The highest BCUT2D eigenvalue weighted by Crippen LogP contribution is 2.34. The van der Waals surface area contributed by atoms with Crippen LogP contribution in [-0.4, -0.2) is 22.3 Å². The zero-order chi connectivity index (χ0) is 11.0. The van der Waals surface area contributed by atoms with Gasteiger partial charge in [0.2, 0.25) is 0 Å². The second kappa shape index (κ2) is 4.22. The van der Waals surface area contributed by atoms with E-state index in [1.54, 1.807) is 18.2 Å². The Hall–Kier alpha value is -0.420. The molecule has 1 aliphatic rings. The van der Waals surface area contributed by atoms with Gasteiger partial charge in [0.1, 0.15) is 0 Å². The molecule has 1 aromatic carbocycles. The summed E-state index contributed by atoms with van der Waals surface area (Å²) in [5.41, 5.74) is -0.460. The molecular formula is C9H7Cl2NO2S. The van der Waals surface area contributed by atoms with Crippen molar-refractivity contribution in [3.8, 4) is 0 Å². The Morgan fingerprint density at radius 1 is 1.47 bits per heavy atom. The van der Waals surface area contributed by atoms with Crippen LogP contribution in [0.4, 0.5) is 5.69 Å². The summed E-state index contributed by atoms with van der Waals surface area (Å²) in [6, 6.07) is 4.89. The Balaban J connectivity index is 2.37. The summed E-state index contributed by atoms with van der Waals surface area (Å²) in [5, 5.41) is 10.2. The number of rotatable bonds is 1. The smallest absolute Gasteiger partial charge is 0.267 e. The molecule has 1 saturated heterocycles. The molecule has 6 heteroatoms. The number of amides is 1. The van der Waals surface area contributed by atoms with E-state index in [-0.39, 0.29) is 5.91 Å². The van der Waals surface area contributed by atoms with Crippen LogP contribution in [0.5, 0.6) is 0 Å². The van der Waals surface area contributed by atoms with Gasteiger partial charge in [-0.15, -0.1) is 0 Å². The maximum absolute atomic E-state index is 11.5. The molecule has 3 nitrogen and oxygen atoms in total. The molecule has 1 aromatic rings. The molecule has 0 saturated carbocycles. The minimum atomic E-state index is -1.000. The van der Waals surface area contributed by atoms with Crippen LogP contribution in [0, 0.1) is 0 Å². The molecule has 0 spiro atoms. The third-order valence-electron chi connectivity index (χ3n) is 2.04. The maximum atomic E-state index is 11.5. The van der Waals surface area contributed by atoms with E-state index in [4.69, 9.17) is 23.2 Å². The molecule has 15 heavy (non-hydrogen) atoms. The molecule has 1 atom stereocenters. The van der Waals surface area contributed by atoms with Crippen LogP contribution in [0.15, 0.2) is 18.2 Å². The number of carbonyl (C=O) groups excluding carboxylic acids is 1. The van der Waals surface area contributed by atoms with Gasteiger partial charge >= 0.3 is 0 Å². The fourth-order valence-corrected chi connectivity index (χ4v) is 2.51. The summed E-state index contributed by atoms with van der Waals surface area (Å²) in [5.74, 6) is 0.0317. The molecule has 1 fully saturated rings. The number of halogens is 2. The Labute approximate surface area is 101 Å². The monoisotopic (exact) mass is 263 g/mol. The number of carbonyl (C=O) groups is 1. The van der Waals surface area contributed by atoms with Crippen molar-refractivity contribution in [2.45, 2.75) is 5.44 Å². The van der Waals surface area contributed by atoms with Gasteiger partial charge in [-0.2, -0.15) is 0 Å². The van der Waals surface area contributed by atoms with Gasteiger partial charge in [-0.05, 0) is 18.2 Å². The molecule has 0 aliphatic carbocycles. The molecule has 1 unspecified atom stereocenters. The van der Waals surface area contributed by atoms with Crippen molar-refractivity contribution in [1.82, 2.24) is 0 Å². The number of hydrogen-bond acceptors (Lipinski definition) is 3. The van der Waals surface area contributed by atoms with E-state index in [2.05, 4.69) is 0 Å². The lowest BCUT2D eigenvalue weighted by atomic mass is 10.3. The number of aliphatic hydroxyl groups is 1. The predicted molar refractivity (Wildman–Crippen MR) is 62.4 cm³/mol. The molecule has 2 rings (SSSR count). The first-order chi connectivity index (χ1) is 7.09. The molecular weight excluding hydrogens is 257 g/mol. The number of thioether (sulfide) groups is 1. The molecule has 1 aliphatic heterocycles. The molecule has 1 heterocycles. The van der Waals surface area contributed by atoms with Gasteiger partial charge in [0.25, 0.3) is 5.91 Å². The Morgan fingerprint density at radius 3 is 2.80 bits per heavy atom. The average Bonchev–Trinajstić information content (AvgIpc) is 2.52. The van der Waals surface area contributed by atoms with E-state index in [9.17, 15) is 9.90 Å². The molecule has 0 bridgehead atoms. The zero-order valence-electron chi connectivity index (χ0n) is 7.48. The molecule has 1 amide bonds. The van der Waals surface area contributed by atoms with Crippen molar-refractivity contribution in [2.24, 2.45) is 0 Å². The number of benzene rings is 1. The quantitative estimate of drug-likeness (QED) is 0.846. The summed E-state index contributed by atoms with van der Waals surface area (Å²) in [6.45, 7) is 0. The lowest BCUT2D eigenvalue weighted by Crippen LogP contribution is -2.29. The van der Waals surface area contributed by atoms with Crippen LogP contribution >= 0.6 is 35.0 Å².